The number of carbonyl (C=O) groups is 3. The standard InChI is InChI=1S/C20H15FN2O5/c1-12(23-9-8-22-17(23)13-4-3-7-16(21)11-13)19(26)28-20(27)15-6-2-5-14(10-15)18(24)25/h2-12H,1H3,(H,24,25). The van der Waals surface area contributed by atoms with Gasteiger partial charge in [-0.2, -0.15) is 0 Å². The summed E-state index contributed by atoms with van der Waals surface area (Å²) in [6.07, 6.45) is 2.96. The molecule has 3 aromatic rings. The first-order valence-corrected chi connectivity index (χ1v) is 8.25. The molecule has 0 saturated carbocycles. The van der Waals surface area contributed by atoms with Crippen LogP contribution < -0.4 is 0 Å². The lowest BCUT2D eigenvalue weighted by atomic mass is 10.1. The quantitative estimate of drug-likeness (QED) is 0.537. The van der Waals surface area contributed by atoms with Crippen molar-refractivity contribution in [1.29, 1.82) is 0 Å². The van der Waals surface area contributed by atoms with E-state index in [2.05, 4.69) is 4.98 Å². The number of nitrogens with zero attached hydrogens (tertiary/aromatic N) is 2. The number of rotatable bonds is 5. The van der Waals surface area contributed by atoms with Crippen molar-refractivity contribution in [2.45, 2.75) is 13.0 Å². The third-order valence-corrected chi connectivity index (χ3v) is 4.05. The van der Waals surface area contributed by atoms with Crippen LogP contribution in [0.4, 0.5) is 4.39 Å². The fourth-order valence-electron chi connectivity index (χ4n) is 2.61. The van der Waals surface area contributed by atoms with Crippen LogP contribution >= 0.6 is 0 Å². The lowest BCUT2D eigenvalue weighted by Gasteiger charge is -2.15. The van der Waals surface area contributed by atoms with Gasteiger partial charge < -0.3 is 14.4 Å². The Bertz CT molecular complexity index is 1060. The first-order chi connectivity index (χ1) is 13.4. The van der Waals surface area contributed by atoms with Gasteiger partial charge >= 0.3 is 17.9 Å². The van der Waals surface area contributed by atoms with Crippen LogP contribution in [-0.4, -0.2) is 32.6 Å². The lowest BCUT2D eigenvalue weighted by Crippen LogP contribution is -2.22. The summed E-state index contributed by atoms with van der Waals surface area (Å²) in [4.78, 5) is 39.7. The van der Waals surface area contributed by atoms with Gasteiger partial charge in [0.15, 0.2) is 0 Å². The van der Waals surface area contributed by atoms with E-state index in [0.29, 0.717) is 11.4 Å². The van der Waals surface area contributed by atoms with Crippen LogP contribution in [0.15, 0.2) is 60.9 Å². The molecule has 2 aromatic carbocycles. The minimum absolute atomic E-state index is 0.0589. The minimum Gasteiger partial charge on any atom is -0.478 e. The van der Waals surface area contributed by atoms with Crippen molar-refractivity contribution in [1.82, 2.24) is 9.55 Å². The number of carboxylic acids is 1. The van der Waals surface area contributed by atoms with E-state index in [1.54, 1.807) is 6.07 Å². The number of aromatic nitrogens is 2. The van der Waals surface area contributed by atoms with Gasteiger partial charge in [0.2, 0.25) is 0 Å². The van der Waals surface area contributed by atoms with E-state index in [1.165, 1.54) is 60.3 Å². The highest BCUT2D eigenvalue weighted by Gasteiger charge is 2.23. The second-order valence-corrected chi connectivity index (χ2v) is 5.94. The third-order valence-electron chi connectivity index (χ3n) is 4.05. The van der Waals surface area contributed by atoms with Crippen LogP contribution in [0.3, 0.4) is 0 Å². The molecule has 1 unspecified atom stereocenters. The number of carbonyl (C=O) groups excluding carboxylic acids is 2. The van der Waals surface area contributed by atoms with Crippen molar-refractivity contribution in [3.8, 4) is 11.4 Å². The molecule has 0 bridgehead atoms. The summed E-state index contributed by atoms with van der Waals surface area (Å²) in [6.45, 7) is 1.51. The summed E-state index contributed by atoms with van der Waals surface area (Å²) in [5, 5.41) is 8.99. The molecule has 0 saturated heterocycles. The van der Waals surface area contributed by atoms with Crippen molar-refractivity contribution < 1.29 is 28.6 Å². The number of esters is 2. The maximum absolute atomic E-state index is 13.5. The van der Waals surface area contributed by atoms with E-state index in [9.17, 15) is 18.8 Å². The molecule has 28 heavy (non-hydrogen) atoms. The van der Waals surface area contributed by atoms with Crippen LogP contribution in [0.25, 0.3) is 11.4 Å². The van der Waals surface area contributed by atoms with Gasteiger partial charge in [-0.05, 0) is 37.3 Å². The van der Waals surface area contributed by atoms with Gasteiger partial charge in [0.05, 0.1) is 11.1 Å². The highest BCUT2D eigenvalue weighted by Crippen LogP contribution is 2.23. The van der Waals surface area contributed by atoms with E-state index in [4.69, 9.17) is 9.84 Å². The number of benzene rings is 2. The molecule has 7 nitrogen and oxygen atoms in total. The zero-order valence-electron chi connectivity index (χ0n) is 14.7. The summed E-state index contributed by atoms with van der Waals surface area (Å²) in [7, 11) is 0. The summed E-state index contributed by atoms with van der Waals surface area (Å²) in [5.74, 6) is -3.14. The van der Waals surface area contributed by atoms with E-state index in [1.807, 2.05) is 0 Å². The van der Waals surface area contributed by atoms with Crippen molar-refractivity contribution in [2.75, 3.05) is 0 Å². The Morgan fingerprint density at radius 2 is 1.82 bits per heavy atom. The summed E-state index contributed by atoms with van der Waals surface area (Å²) < 4.78 is 19.8. The number of aromatic carboxylic acids is 1. The average molecular weight is 382 g/mol. The van der Waals surface area contributed by atoms with Crippen LogP contribution in [0.5, 0.6) is 0 Å². The van der Waals surface area contributed by atoms with Gasteiger partial charge in [-0.15, -0.1) is 0 Å². The van der Waals surface area contributed by atoms with Crippen LogP contribution in [0.1, 0.15) is 33.7 Å². The van der Waals surface area contributed by atoms with E-state index in [-0.39, 0.29) is 11.1 Å². The van der Waals surface area contributed by atoms with Gasteiger partial charge in [-0.3, -0.25) is 0 Å². The Hall–Kier alpha value is -3.81. The van der Waals surface area contributed by atoms with E-state index < -0.39 is 29.8 Å². The number of hydrogen-bond donors (Lipinski definition) is 1. The highest BCUT2D eigenvalue weighted by molar-refractivity contribution is 5.99. The molecule has 8 heteroatoms. The fourth-order valence-corrected chi connectivity index (χ4v) is 2.61. The molecule has 0 radical (unpaired) electrons. The van der Waals surface area contributed by atoms with Crippen LogP contribution in [0, 0.1) is 5.82 Å². The van der Waals surface area contributed by atoms with Gasteiger partial charge in [-0.1, -0.05) is 18.2 Å². The predicted molar refractivity (Wildman–Crippen MR) is 96.2 cm³/mol. The predicted octanol–water partition coefficient (Wildman–Crippen LogP) is 3.33. The first-order valence-electron chi connectivity index (χ1n) is 8.25. The molecule has 1 atom stereocenters. The summed E-state index contributed by atoms with van der Waals surface area (Å²) >= 11 is 0. The Balaban J connectivity index is 1.79. The summed E-state index contributed by atoms with van der Waals surface area (Å²) in [6, 6.07) is 9.98. The number of ether oxygens (including phenoxy) is 1. The largest absolute Gasteiger partial charge is 0.478 e. The molecule has 0 spiro atoms. The number of imidazole rings is 1. The minimum atomic E-state index is -1.20. The maximum Gasteiger partial charge on any atom is 0.345 e. The Kier molecular flexibility index (Phi) is 5.30. The van der Waals surface area contributed by atoms with Crippen LogP contribution in [-0.2, 0) is 9.53 Å². The van der Waals surface area contributed by atoms with Crippen LogP contribution in [0.2, 0.25) is 0 Å². The average Bonchev–Trinajstić information content (AvgIpc) is 3.17. The Labute approximate surface area is 159 Å². The van der Waals surface area contributed by atoms with Crippen molar-refractivity contribution >= 4 is 17.9 Å². The van der Waals surface area contributed by atoms with Crippen molar-refractivity contribution in [3.05, 3.63) is 77.9 Å². The normalized spacial score (nSPS) is 11.6. The molecule has 0 aliphatic rings. The third kappa shape index (κ3) is 3.96. The smallest absolute Gasteiger partial charge is 0.345 e. The fraction of sp³-hybridized carbons (Fsp3) is 0.100. The van der Waals surface area contributed by atoms with Gasteiger partial charge in [0.25, 0.3) is 0 Å². The lowest BCUT2D eigenvalue weighted by molar-refractivity contribution is -0.141. The van der Waals surface area contributed by atoms with E-state index in [0.717, 1.165) is 6.07 Å². The second kappa shape index (κ2) is 7.83. The second-order valence-electron chi connectivity index (χ2n) is 5.94. The zero-order chi connectivity index (χ0) is 20.3. The molecular formula is C20H15FN2O5. The molecule has 0 amide bonds. The molecule has 0 aliphatic heterocycles. The maximum atomic E-state index is 13.5. The zero-order valence-corrected chi connectivity index (χ0v) is 14.7. The Morgan fingerprint density at radius 1 is 1.11 bits per heavy atom. The molecule has 1 N–H and O–H groups in total. The molecule has 3 rings (SSSR count). The van der Waals surface area contributed by atoms with Gasteiger partial charge in [0, 0.05) is 18.0 Å². The molecule has 1 heterocycles. The van der Waals surface area contributed by atoms with Gasteiger partial charge in [0.1, 0.15) is 17.7 Å². The van der Waals surface area contributed by atoms with E-state index >= 15 is 0 Å². The van der Waals surface area contributed by atoms with Gasteiger partial charge in [-0.25, -0.2) is 23.8 Å². The SMILES string of the molecule is CC(C(=O)OC(=O)c1cccc(C(=O)O)c1)n1ccnc1-c1cccc(F)c1. The highest BCUT2D eigenvalue weighted by atomic mass is 19.1. The first kappa shape index (κ1) is 19.0. The Morgan fingerprint density at radius 3 is 2.54 bits per heavy atom. The molecule has 0 fully saturated rings. The summed E-state index contributed by atoms with van der Waals surface area (Å²) in [5.41, 5.74) is 0.305. The molecular weight excluding hydrogens is 367 g/mol. The number of halogens is 1. The monoisotopic (exact) mass is 382 g/mol. The van der Waals surface area contributed by atoms with Crippen molar-refractivity contribution in [2.24, 2.45) is 0 Å². The topological polar surface area (TPSA) is 98.5 Å². The number of hydrogen-bond acceptors (Lipinski definition) is 5. The van der Waals surface area contributed by atoms with Crippen molar-refractivity contribution in [3.63, 3.8) is 0 Å². The molecule has 142 valence electrons. The molecule has 1 aromatic heterocycles. The number of carboxylic acid groups (broad SMARTS) is 1. The molecule has 0 aliphatic carbocycles.